The molecule has 0 aliphatic carbocycles. The van der Waals surface area contributed by atoms with E-state index in [0.717, 1.165) is 0 Å². The Morgan fingerprint density at radius 1 is 1.60 bits per heavy atom. The number of halogens is 1. The van der Waals surface area contributed by atoms with Crippen LogP contribution in [0.5, 0.6) is 0 Å². The van der Waals surface area contributed by atoms with Crippen LogP contribution < -0.4 is 5.73 Å². The maximum absolute atomic E-state index is 10.2. The predicted molar refractivity (Wildman–Crippen MR) is 42.3 cm³/mol. The van der Waals surface area contributed by atoms with Gasteiger partial charge in [-0.3, -0.25) is 4.79 Å². The monoisotopic (exact) mass is 167 g/mol. The summed E-state index contributed by atoms with van der Waals surface area (Å²) in [4.78, 5) is 10.2. The Morgan fingerprint density at radius 3 is 2.10 bits per heavy atom. The Kier molecular flexibility index (Phi) is 6.82. The second-order valence-corrected chi connectivity index (χ2v) is 2.34. The zero-order chi connectivity index (χ0) is 7.44. The van der Waals surface area contributed by atoms with Crippen LogP contribution in [0.15, 0.2) is 0 Å². The second-order valence-electron chi connectivity index (χ2n) is 2.34. The van der Waals surface area contributed by atoms with Crippen LogP contribution in [0, 0.1) is 11.8 Å². The molecule has 0 saturated heterocycles. The maximum atomic E-state index is 10.2. The standard InChI is InChI=1S/C6H13NO2.ClH/c1-4(3-7)5(2)6(8)9;/h4-5H,3,7H2,1-2H3,(H,8,9);1H. The highest BCUT2D eigenvalue weighted by atomic mass is 35.5. The first kappa shape index (κ1) is 12.4. The topological polar surface area (TPSA) is 63.3 Å². The molecule has 10 heavy (non-hydrogen) atoms. The van der Waals surface area contributed by atoms with Gasteiger partial charge in [0.25, 0.3) is 0 Å². The van der Waals surface area contributed by atoms with Crippen LogP contribution in [0.4, 0.5) is 0 Å². The Balaban J connectivity index is 0. The van der Waals surface area contributed by atoms with Gasteiger partial charge in [0.15, 0.2) is 0 Å². The van der Waals surface area contributed by atoms with Crippen LogP contribution in [0.3, 0.4) is 0 Å². The van der Waals surface area contributed by atoms with Crippen LogP contribution in [-0.4, -0.2) is 17.6 Å². The maximum Gasteiger partial charge on any atom is 0.306 e. The van der Waals surface area contributed by atoms with Gasteiger partial charge in [0.2, 0.25) is 0 Å². The van der Waals surface area contributed by atoms with Gasteiger partial charge in [-0.2, -0.15) is 0 Å². The van der Waals surface area contributed by atoms with Gasteiger partial charge in [0.1, 0.15) is 0 Å². The molecule has 2 unspecified atom stereocenters. The summed E-state index contributed by atoms with van der Waals surface area (Å²) in [5.41, 5.74) is 5.25. The quantitative estimate of drug-likeness (QED) is 0.651. The first-order valence-electron chi connectivity index (χ1n) is 3.02. The van der Waals surface area contributed by atoms with E-state index in [9.17, 15) is 4.79 Å². The van der Waals surface area contributed by atoms with Gasteiger partial charge in [-0.05, 0) is 12.5 Å². The summed E-state index contributed by atoms with van der Waals surface area (Å²) >= 11 is 0. The van der Waals surface area contributed by atoms with Gasteiger partial charge < -0.3 is 10.8 Å². The molecule has 0 rings (SSSR count). The minimum Gasteiger partial charge on any atom is -0.481 e. The fraction of sp³-hybridized carbons (Fsp3) is 0.833. The highest BCUT2D eigenvalue weighted by Crippen LogP contribution is 2.07. The molecule has 2 atom stereocenters. The lowest BCUT2D eigenvalue weighted by Gasteiger charge is -2.11. The molecule has 0 aliphatic rings. The van der Waals surface area contributed by atoms with Gasteiger partial charge in [-0.1, -0.05) is 13.8 Å². The van der Waals surface area contributed by atoms with E-state index in [1.54, 1.807) is 6.92 Å². The third-order valence-electron chi connectivity index (χ3n) is 1.61. The van der Waals surface area contributed by atoms with Gasteiger partial charge in [0.05, 0.1) is 5.92 Å². The molecular formula is C6H14ClNO2. The van der Waals surface area contributed by atoms with E-state index >= 15 is 0 Å². The first-order chi connectivity index (χ1) is 4.09. The minimum absolute atomic E-state index is 0. The zero-order valence-corrected chi connectivity index (χ0v) is 7.02. The number of rotatable bonds is 3. The molecule has 3 nitrogen and oxygen atoms in total. The van der Waals surface area contributed by atoms with E-state index in [1.807, 2.05) is 6.92 Å². The molecule has 62 valence electrons. The summed E-state index contributed by atoms with van der Waals surface area (Å²) < 4.78 is 0. The lowest BCUT2D eigenvalue weighted by molar-refractivity contribution is -0.142. The van der Waals surface area contributed by atoms with E-state index in [0.29, 0.717) is 6.54 Å². The van der Waals surface area contributed by atoms with Gasteiger partial charge >= 0.3 is 5.97 Å². The highest BCUT2D eigenvalue weighted by molar-refractivity contribution is 5.85. The molecule has 0 aromatic carbocycles. The molecule has 0 aromatic rings. The molecule has 0 saturated carbocycles. The second kappa shape index (κ2) is 5.50. The number of hydrogen-bond donors (Lipinski definition) is 2. The lowest BCUT2D eigenvalue weighted by Crippen LogP contribution is -2.24. The number of hydrogen-bond acceptors (Lipinski definition) is 2. The molecule has 4 heteroatoms. The molecule has 3 N–H and O–H groups in total. The van der Waals surface area contributed by atoms with Crippen LogP contribution in [0.1, 0.15) is 13.8 Å². The Bertz CT molecular complexity index is 108. The van der Waals surface area contributed by atoms with Crippen LogP contribution in [0.25, 0.3) is 0 Å². The predicted octanol–water partition coefficient (Wildman–Crippen LogP) is 0.724. The average molecular weight is 168 g/mol. The minimum atomic E-state index is -0.770. The summed E-state index contributed by atoms with van der Waals surface area (Å²) in [7, 11) is 0. The molecule has 0 fully saturated rings. The van der Waals surface area contributed by atoms with E-state index in [1.165, 1.54) is 0 Å². The number of aliphatic carboxylic acids is 1. The molecule has 0 aromatic heterocycles. The summed E-state index contributed by atoms with van der Waals surface area (Å²) in [6.07, 6.45) is 0. The van der Waals surface area contributed by atoms with Crippen molar-refractivity contribution >= 4 is 18.4 Å². The number of carboxylic acids is 1. The summed E-state index contributed by atoms with van der Waals surface area (Å²) in [5.74, 6) is -1.02. The highest BCUT2D eigenvalue weighted by Gasteiger charge is 2.16. The van der Waals surface area contributed by atoms with E-state index in [4.69, 9.17) is 10.8 Å². The Labute approximate surface area is 67.0 Å². The van der Waals surface area contributed by atoms with Crippen molar-refractivity contribution in [1.82, 2.24) is 0 Å². The summed E-state index contributed by atoms with van der Waals surface area (Å²) in [6, 6.07) is 0. The van der Waals surface area contributed by atoms with E-state index in [2.05, 4.69) is 0 Å². The molecule has 0 radical (unpaired) electrons. The Hall–Kier alpha value is -0.280. The lowest BCUT2D eigenvalue weighted by atomic mass is 9.97. The number of carbonyl (C=O) groups is 1. The van der Waals surface area contributed by atoms with Gasteiger partial charge in [0, 0.05) is 0 Å². The van der Waals surface area contributed by atoms with E-state index in [-0.39, 0.29) is 24.2 Å². The summed E-state index contributed by atoms with van der Waals surface area (Å²) in [5, 5.41) is 8.43. The molecule has 0 bridgehead atoms. The largest absolute Gasteiger partial charge is 0.481 e. The van der Waals surface area contributed by atoms with Crippen molar-refractivity contribution in [2.24, 2.45) is 17.6 Å². The van der Waals surface area contributed by atoms with Gasteiger partial charge in [-0.15, -0.1) is 12.4 Å². The average Bonchev–Trinajstić information content (AvgIpc) is 1.84. The van der Waals surface area contributed by atoms with Crippen LogP contribution in [-0.2, 0) is 4.79 Å². The normalized spacial score (nSPS) is 15.1. The van der Waals surface area contributed by atoms with Gasteiger partial charge in [-0.25, -0.2) is 0 Å². The van der Waals surface area contributed by atoms with Crippen molar-refractivity contribution < 1.29 is 9.90 Å². The molecule has 0 aliphatic heterocycles. The zero-order valence-electron chi connectivity index (χ0n) is 6.20. The van der Waals surface area contributed by atoms with Crippen molar-refractivity contribution in [2.45, 2.75) is 13.8 Å². The van der Waals surface area contributed by atoms with Crippen molar-refractivity contribution in [3.8, 4) is 0 Å². The summed E-state index contributed by atoms with van der Waals surface area (Å²) in [6.45, 7) is 3.94. The molecule has 0 heterocycles. The SMILES string of the molecule is CC(CN)C(C)C(=O)O.Cl. The molecular weight excluding hydrogens is 154 g/mol. The van der Waals surface area contributed by atoms with E-state index < -0.39 is 5.97 Å². The number of carboxylic acid groups (broad SMARTS) is 1. The smallest absolute Gasteiger partial charge is 0.306 e. The van der Waals surface area contributed by atoms with Crippen molar-refractivity contribution in [1.29, 1.82) is 0 Å². The van der Waals surface area contributed by atoms with Crippen LogP contribution in [0.2, 0.25) is 0 Å². The third-order valence-corrected chi connectivity index (χ3v) is 1.61. The third kappa shape index (κ3) is 3.69. The van der Waals surface area contributed by atoms with Crippen LogP contribution >= 0.6 is 12.4 Å². The number of nitrogens with two attached hydrogens (primary N) is 1. The first-order valence-corrected chi connectivity index (χ1v) is 3.02. The Morgan fingerprint density at radius 2 is 2.00 bits per heavy atom. The molecule has 0 amide bonds. The molecule has 0 spiro atoms. The van der Waals surface area contributed by atoms with Crippen molar-refractivity contribution in [3.05, 3.63) is 0 Å². The fourth-order valence-electron chi connectivity index (χ4n) is 0.448. The fourth-order valence-corrected chi connectivity index (χ4v) is 0.448. The van der Waals surface area contributed by atoms with Crippen molar-refractivity contribution in [3.63, 3.8) is 0 Å². The van der Waals surface area contributed by atoms with Crippen molar-refractivity contribution in [2.75, 3.05) is 6.54 Å².